The molecule has 8 heavy (non-hydrogen) atoms. The molecule has 2 nitrogen and oxygen atoms in total. The van der Waals surface area contributed by atoms with Crippen LogP contribution in [-0.2, 0) is 0 Å². The van der Waals surface area contributed by atoms with E-state index < -0.39 is 0 Å². The highest BCUT2D eigenvalue weighted by Crippen LogP contribution is 2.02. The molecule has 0 unspecified atom stereocenters. The molecule has 0 aliphatic carbocycles. The summed E-state index contributed by atoms with van der Waals surface area (Å²) in [6.07, 6.45) is 1.20. The number of hydrogen-bond donors (Lipinski definition) is 1. The van der Waals surface area contributed by atoms with E-state index in [-0.39, 0.29) is 5.66 Å². The van der Waals surface area contributed by atoms with Gasteiger partial charge in [-0.3, -0.25) is 5.32 Å². The van der Waals surface area contributed by atoms with E-state index in [1.54, 1.807) is 0 Å². The molecule has 1 rings (SSSR count). The first kappa shape index (κ1) is 6.05. The second kappa shape index (κ2) is 2.03. The Morgan fingerprint density at radius 1 is 1.50 bits per heavy atom. The van der Waals surface area contributed by atoms with E-state index in [9.17, 15) is 0 Å². The summed E-state index contributed by atoms with van der Waals surface area (Å²) >= 11 is 0. The van der Waals surface area contributed by atoms with Gasteiger partial charge in [-0.25, -0.2) is 5.32 Å². The largest absolute Gasteiger partial charge is 0.299 e. The van der Waals surface area contributed by atoms with Crippen molar-refractivity contribution in [2.24, 2.45) is 0 Å². The molecule has 0 aromatic heterocycles. The van der Waals surface area contributed by atoms with Crippen LogP contribution in [0.3, 0.4) is 0 Å². The minimum atomic E-state index is 0.0538. The fraction of sp³-hybridized carbons (Fsp3) is 1.00. The predicted octanol–water partition coefficient (Wildman–Crippen LogP) is 0.320. The monoisotopic (exact) mass is 113 g/mol. The maximum atomic E-state index is 4.35. The highest BCUT2D eigenvalue weighted by Gasteiger charge is 2.19. The molecule has 0 bridgehead atoms. The minimum Gasteiger partial charge on any atom is -0.299 e. The van der Waals surface area contributed by atoms with Gasteiger partial charge in [0.25, 0.3) is 0 Å². The van der Waals surface area contributed by atoms with Crippen LogP contribution in [0.15, 0.2) is 0 Å². The molecular weight excluding hydrogens is 100 g/mol. The van der Waals surface area contributed by atoms with Crippen LogP contribution in [0.5, 0.6) is 0 Å². The van der Waals surface area contributed by atoms with Gasteiger partial charge in [0.1, 0.15) is 0 Å². The van der Waals surface area contributed by atoms with Crippen LogP contribution in [0.1, 0.15) is 20.3 Å². The third-order valence-electron chi connectivity index (χ3n) is 1.40. The molecule has 0 aromatic rings. The van der Waals surface area contributed by atoms with E-state index in [0.717, 1.165) is 13.1 Å². The Morgan fingerprint density at radius 2 is 2.25 bits per heavy atom. The van der Waals surface area contributed by atoms with Gasteiger partial charge in [0.2, 0.25) is 0 Å². The second-order valence-corrected chi connectivity index (χ2v) is 2.72. The molecule has 1 saturated heterocycles. The molecular formula is C6H13N2. The molecule has 2 heteroatoms. The van der Waals surface area contributed by atoms with Gasteiger partial charge in [-0.05, 0) is 26.8 Å². The van der Waals surface area contributed by atoms with E-state index in [0.29, 0.717) is 0 Å². The zero-order valence-electron chi connectivity index (χ0n) is 5.57. The molecule has 1 heterocycles. The topological polar surface area (TPSA) is 26.1 Å². The molecule has 1 fully saturated rings. The fourth-order valence-corrected chi connectivity index (χ4v) is 0.888. The summed E-state index contributed by atoms with van der Waals surface area (Å²) < 4.78 is 0. The average molecular weight is 113 g/mol. The fourth-order valence-electron chi connectivity index (χ4n) is 0.888. The first-order chi connectivity index (χ1) is 3.71. The second-order valence-electron chi connectivity index (χ2n) is 2.72. The van der Waals surface area contributed by atoms with Crippen molar-refractivity contribution in [3.8, 4) is 0 Å². The molecule has 0 saturated carbocycles. The molecule has 1 N–H and O–H groups in total. The van der Waals surface area contributed by atoms with Gasteiger partial charge in [0.15, 0.2) is 0 Å². The third-order valence-corrected chi connectivity index (χ3v) is 1.40. The summed E-state index contributed by atoms with van der Waals surface area (Å²) in [5, 5.41) is 7.64. The summed E-state index contributed by atoms with van der Waals surface area (Å²) in [4.78, 5) is 0. The van der Waals surface area contributed by atoms with Gasteiger partial charge in [0.05, 0.1) is 5.66 Å². The first-order valence-corrected chi connectivity index (χ1v) is 3.14. The number of rotatable bonds is 0. The van der Waals surface area contributed by atoms with Crippen molar-refractivity contribution in [2.45, 2.75) is 25.9 Å². The van der Waals surface area contributed by atoms with Crippen LogP contribution in [-0.4, -0.2) is 18.8 Å². The summed E-state index contributed by atoms with van der Waals surface area (Å²) in [7, 11) is 0. The summed E-state index contributed by atoms with van der Waals surface area (Å²) in [6.45, 7) is 6.36. The van der Waals surface area contributed by atoms with Crippen LogP contribution in [0.2, 0.25) is 0 Å². The average Bonchev–Trinajstić information content (AvgIpc) is 1.65. The van der Waals surface area contributed by atoms with Gasteiger partial charge in [-0.2, -0.15) is 0 Å². The van der Waals surface area contributed by atoms with Crippen LogP contribution < -0.4 is 10.6 Å². The van der Waals surface area contributed by atoms with Crippen molar-refractivity contribution in [2.75, 3.05) is 13.1 Å². The lowest BCUT2D eigenvalue weighted by Gasteiger charge is -2.30. The van der Waals surface area contributed by atoms with Crippen LogP contribution in [0, 0.1) is 0 Å². The normalized spacial score (nSPS) is 27.8. The molecule has 47 valence electrons. The molecule has 1 radical (unpaired) electrons. The predicted molar refractivity (Wildman–Crippen MR) is 33.7 cm³/mol. The Bertz CT molecular complexity index is 70.6. The standard InChI is InChI=1S/C6H13N2/c1-6(2)7-4-3-5-8-6/h7H,3-5H2,1-2H3. The van der Waals surface area contributed by atoms with E-state index >= 15 is 0 Å². The quantitative estimate of drug-likeness (QED) is 0.481. The molecule has 0 amide bonds. The van der Waals surface area contributed by atoms with Crippen LogP contribution in [0.4, 0.5) is 0 Å². The van der Waals surface area contributed by atoms with Crippen molar-refractivity contribution < 1.29 is 0 Å². The zero-order valence-corrected chi connectivity index (χ0v) is 5.57. The Hall–Kier alpha value is -0.0800. The molecule has 0 atom stereocenters. The van der Waals surface area contributed by atoms with Crippen molar-refractivity contribution in [3.05, 3.63) is 0 Å². The van der Waals surface area contributed by atoms with Crippen molar-refractivity contribution in [1.82, 2.24) is 10.6 Å². The number of nitrogens with zero attached hydrogens (tertiary/aromatic N) is 1. The smallest absolute Gasteiger partial charge is 0.0791 e. The van der Waals surface area contributed by atoms with Crippen molar-refractivity contribution in [1.29, 1.82) is 0 Å². The van der Waals surface area contributed by atoms with Gasteiger partial charge in [-0.15, -0.1) is 0 Å². The Morgan fingerprint density at radius 3 is 2.50 bits per heavy atom. The SMILES string of the molecule is CC1(C)[N]CCCN1. The number of nitrogens with one attached hydrogen (secondary N) is 1. The Balaban J connectivity index is 2.33. The lowest BCUT2D eigenvalue weighted by atomic mass is 10.2. The van der Waals surface area contributed by atoms with Gasteiger partial charge >= 0.3 is 0 Å². The molecule has 0 spiro atoms. The zero-order chi connectivity index (χ0) is 6.04. The number of hydrogen-bond acceptors (Lipinski definition) is 1. The lowest BCUT2D eigenvalue weighted by molar-refractivity contribution is 0.262. The Labute approximate surface area is 50.7 Å². The highest BCUT2D eigenvalue weighted by atomic mass is 15.2. The minimum absolute atomic E-state index is 0.0538. The van der Waals surface area contributed by atoms with Crippen LogP contribution in [0.25, 0.3) is 0 Å². The molecule has 1 aliphatic heterocycles. The highest BCUT2D eigenvalue weighted by molar-refractivity contribution is 4.77. The third kappa shape index (κ3) is 1.46. The lowest BCUT2D eigenvalue weighted by Crippen LogP contribution is -2.52. The van der Waals surface area contributed by atoms with E-state index in [1.165, 1.54) is 6.42 Å². The van der Waals surface area contributed by atoms with E-state index in [1.807, 2.05) is 0 Å². The van der Waals surface area contributed by atoms with E-state index in [4.69, 9.17) is 0 Å². The summed E-state index contributed by atoms with van der Waals surface area (Å²) in [5.74, 6) is 0. The maximum Gasteiger partial charge on any atom is 0.0791 e. The summed E-state index contributed by atoms with van der Waals surface area (Å²) in [5.41, 5.74) is 0.0538. The molecule has 0 aromatic carbocycles. The Kier molecular flexibility index (Phi) is 1.54. The van der Waals surface area contributed by atoms with Gasteiger partial charge < -0.3 is 0 Å². The first-order valence-electron chi connectivity index (χ1n) is 3.14. The summed E-state index contributed by atoms with van der Waals surface area (Å²) in [6, 6.07) is 0. The van der Waals surface area contributed by atoms with Gasteiger partial charge in [-0.1, -0.05) is 0 Å². The van der Waals surface area contributed by atoms with Crippen molar-refractivity contribution >= 4 is 0 Å². The van der Waals surface area contributed by atoms with Gasteiger partial charge in [0, 0.05) is 6.54 Å². The van der Waals surface area contributed by atoms with E-state index in [2.05, 4.69) is 24.5 Å². The van der Waals surface area contributed by atoms with Crippen LogP contribution >= 0.6 is 0 Å². The molecule has 1 aliphatic rings. The maximum absolute atomic E-state index is 4.35. The van der Waals surface area contributed by atoms with Crippen molar-refractivity contribution in [3.63, 3.8) is 0 Å².